The normalized spacial score (nSPS) is 23.6. The maximum Gasteiger partial charge on any atom is 0.151 e. The smallest absolute Gasteiger partial charge is 0.151 e. The van der Waals surface area contributed by atoms with E-state index in [0.29, 0.717) is 65.0 Å². The van der Waals surface area contributed by atoms with Gasteiger partial charge in [0.05, 0.1) is 46.2 Å². The Bertz CT molecular complexity index is 2220. The average Bonchev–Trinajstić information content (AvgIpc) is 4.04. The van der Waals surface area contributed by atoms with Crippen molar-refractivity contribution in [3.63, 3.8) is 0 Å². The summed E-state index contributed by atoms with van der Waals surface area (Å²) >= 11 is 0. The predicted octanol–water partition coefficient (Wildman–Crippen LogP) is 9.31. The molecule has 4 aliphatic heterocycles. The molecule has 55 heavy (non-hydrogen) atoms. The Morgan fingerprint density at radius 1 is 0.582 bits per heavy atom. The van der Waals surface area contributed by atoms with Crippen LogP contribution in [0.4, 0.5) is 28.9 Å². The highest BCUT2D eigenvalue weighted by Crippen LogP contribution is 2.50. The van der Waals surface area contributed by atoms with Crippen molar-refractivity contribution >= 4 is 33.4 Å². The van der Waals surface area contributed by atoms with Gasteiger partial charge in [-0.2, -0.15) is 0 Å². The molecule has 4 atom stereocenters. The van der Waals surface area contributed by atoms with Crippen molar-refractivity contribution in [3.8, 4) is 0 Å². The first kappa shape index (κ1) is 34.5. The number of nitrogens with zero attached hydrogens (tertiary/aromatic N) is 4. The number of rotatable bonds is 7. The third kappa shape index (κ3) is 6.23. The summed E-state index contributed by atoms with van der Waals surface area (Å²) in [7, 11) is 0. The van der Waals surface area contributed by atoms with Gasteiger partial charge < -0.3 is 30.4 Å². The quantitative estimate of drug-likeness (QED) is 0.122. The van der Waals surface area contributed by atoms with Crippen molar-refractivity contribution in [1.29, 1.82) is 0 Å². The molecule has 10 rings (SSSR count). The van der Waals surface area contributed by atoms with E-state index in [0.717, 1.165) is 63.3 Å². The molecule has 2 aromatic heterocycles. The second-order valence-corrected chi connectivity index (χ2v) is 15.8. The third-order valence-corrected chi connectivity index (χ3v) is 12.5. The van der Waals surface area contributed by atoms with Gasteiger partial charge in [-0.15, -0.1) is 0 Å². The van der Waals surface area contributed by atoms with Crippen LogP contribution >= 0.6 is 0 Å². The molecule has 4 aromatic carbocycles. The first-order valence-corrected chi connectivity index (χ1v) is 19.8. The Morgan fingerprint density at radius 3 is 1.60 bits per heavy atom. The lowest BCUT2D eigenvalue weighted by atomic mass is 9.89. The number of aromatic nitrogens is 4. The number of anilines is 2. The molecule has 0 saturated carbocycles. The predicted molar refractivity (Wildman–Crippen MR) is 206 cm³/mol. The highest BCUT2D eigenvalue weighted by molar-refractivity contribution is 5.78. The van der Waals surface area contributed by atoms with Crippen molar-refractivity contribution < 1.29 is 17.6 Å². The number of halogens is 4. The number of H-pyrrole nitrogens is 2. The number of hydrogen-bond donors (Lipinski definition) is 4. The van der Waals surface area contributed by atoms with Gasteiger partial charge in [-0.3, -0.25) is 0 Å². The number of benzene rings is 4. The van der Waals surface area contributed by atoms with Gasteiger partial charge in [-0.25, -0.2) is 27.5 Å². The zero-order chi connectivity index (χ0) is 37.2. The Kier molecular flexibility index (Phi) is 8.77. The number of imidazole rings is 2. The maximum atomic E-state index is 16.4. The first-order chi connectivity index (χ1) is 26.9. The van der Waals surface area contributed by atoms with E-state index in [1.165, 1.54) is 29.8 Å². The van der Waals surface area contributed by atoms with Crippen LogP contribution in [0.2, 0.25) is 0 Å². The van der Waals surface area contributed by atoms with E-state index in [4.69, 9.17) is 9.97 Å². The Hall–Kier alpha value is -4.94. The van der Waals surface area contributed by atoms with Gasteiger partial charge in [-0.1, -0.05) is 30.3 Å². The molecule has 0 unspecified atom stereocenters. The second-order valence-electron chi connectivity index (χ2n) is 15.8. The molecule has 0 radical (unpaired) electrons. The molecule has 8 nitrogen and oxygen atoms in total. The summed E-state index contributed by atoms with van der Waals surface area (Å²) in [5.74, 6) is -0.438. The van der Waals surface area contributed by atoms with E-state index in [2.05, 4.69) is 32.7 Å². The summed E-state index contributed by atoms with van der Waals surface area (Å²) in [6.07, 6.45) is 6.40. The van der Waals surface area contributed by atoms with Crippen LogP contribution in [0.25, 0.3) is 22.1 Å². The SMILES string of the molecule is Fc1cc2nc([C@@H]3CCCN3)[nH]c2cc1[C@H]1CC[C@H](c2cc3[nH]c([C@@H]4CCCN4)nc3cc2F)N1c1cc(F)c(N2CCC(c3ccccc3)CC2)c(F)c1. The zero-order valence-corrected chi connectivity index (χ0v) is 30.5. The van der Waals surface area contributed by atoms with Crippen molar-refractivity contribution in [1.82, 2.24) is 30.6 Å². The van der Waals surface area contributed by atoms with E-state index in [-0.39, 0.29) is 23.5 Å². The summed E-state index contributed by atoms with van der Waals surface area (Å²) in [5, 5.41) is 6.88. The summed E-state index contributed by atoms with van der Waals surface area (Å²) in [5.41, 5.74) is 4.58. The van der Waals surface area contributed by atoms with E-state index >= 15 is 17.6 Å². The van der Waals surface area contributed by atoms with Crippen LogP contribution in [-0.4, -0.2) is 46.1 Å². The lowest BCUT2D eigenvalue weighted by molar-refractivity contribution is 0.485. The van der Waals surface area contributed by atoms with Crippen LogP contribution in [0.15, 0.2) is 66.7 Å². The van der Waals surface area contributed by atoms with Gasteiger partial charge in [0, 0.05) is 42.0 Å². The molecule has 12 heteroatoms. The summed E-state index contributed by atoms with van der Waals surface area (Å²) < 4.78 is 65.4. The summed E-state index contributed by atoms with van der Waals surface area (Å²) in [6.45, 7) is 2.83. The molecule has 0 spiro atoms. The van der Waals surface area contributed by atoms with Crippen LogP contribution < -0.4 is 20.4 Å². The lowest BCUT2D eigenvalue weighted by Gasteiger charge is -2.36. The minimum absolute atomic E-state index is 0.0567. The highest BCUT2D eigenvalue weighted by atomic mass is 19.1. The number of piperidine rings is 1. The monoisotopic (exact) mass is 748 g/mol. The van der Waals surface area contributed by atoms with Crippen molar-refractivity contribution in [2.75, 3.05) is 36.0 Å². The van der Waals surface area contributed by atoms with Gasteiger partial charge in [0.1, 0.15) is 29.0 Å². The third-order valence-electron chi connectivity index (χ3n) is 12.5. The average molecular weight is 749 g/mol. The van der Waals surface area contributed by atoms with Crippen molar-refractivity contribution in [2.24, 2.45) is 0 Å². The first-order valence-electron chi connectivity index (χ1n) is 19.8. The Balaban J connectivity index is 1.03. The van der Waals surface area contributed by atoms with Crippen LogP contribution in [0.3, 0.4) is 0 Å². The minimum Gasteiger partial charge on any atom is -0.367 e. The molecular formula is C43H44F4N8. The van der Waals surface area contributed by atoms with E-state index in [1.807, 2.05) is 23.1 Å². The van der Waals surface area contributed by atoms with Gasteiger partial charge in [0.15, 0.2) is 11.6 Å². The maximum absolute atomic E-state index is 16.4. The summed E-state index contributed by atoms with van der Waals surface area (Å²) in [6, 6.07) is 18.2. The fourth-order valence-corrected chi connectivity index (χ4v) is 9.76. The van der Waals surface area contributed by atoms with Crippen molar-refractivity contribution in [3.05, 3.63) is 118 Å². The molecule has 4 saturated heterocycles. The standard InChI is InChI=1S/C43H44F4N8/c44-29-22-37-35(50-42(52-37)33-8-4-14-48-33)20-27(29)39-10-11-40(28-21-36-38(23-30(28)45)53-43(51-36)34-9-5-15-49-34)55(39)26-18-31(46)41(32(47)19-26)54-16-12-25(13-17-54)24-6-2-1-3-7-24/h1-3,6-7,18-23,25,33-34,39-40,48-49H,4-5,8-17H2,(H,50,52)(H,51,53)/t33-,34-,39+,40+/m0/s1. The largest absolute Gasteiger partial charge is 0.367 e. The molecule has 0 bridgehead atoms. The molecule has 6 heterocycles. The molecule has 0 aliphatic carbocycles. The number of nitrogens with one attached hydrogen (secondary N) is 4. The zero-order valence-electron chi connectivity index (χ0n) is 30.5. The van der Waals surface area contributed by atoms with Gasteiger partial charge in [0.25, 0.3) is 0 Å². The Labute approximate surface area is 316 Å². The fraction of sp³-hybridized carbons (Fsp3) is 0.395. The van der Waals surface area contributed by atoms with Crippen molar-refractivity contribution in [2.45, 2.75) is 81.5 Å². The molecule has 4 fully saturated rings. The van der Waals surface area contributed by atoms with Crippen LogP contribution in [0.1, 0.15) is 110 Å². The number of aromatic amines is 2. The van der Waals surface area contributed by atoms with E-state index in [1.54, 1.807) is 17.0 Å². The van der Waals surface area contributed by atoms with Crippen LogP contribution in [0.5, 0.6) is 0 Å². The van der Waals surface area contributed by atoms with Crippen LogP contribution in [0, 0.1) is 23.3 Å². The van der Waals surface area contributed by atoms with Gasteiger partial charge in [0.2, 0.25) is 0 Å². The Morgan fingerprint density at radius 2 is 1.11 bits per heavy atom. The highest BCUT2D eigenvalue weighted by Gasteiger charge is 2.40. The molecule has 4 N–H and O–H groups in total. The number of hydrogen-bond acceptors (Lipinski definition) is 6. The molecular weight excluding hydrogens is 705 g/mol. The molecule has 4 aliphatic rings. The van der Waals surface area contributed by atoms with E-state index < -0.39 is 35.4 Å². The topological polar surface area (TPSA) is 87.9 Å². The van der Waals surface area contributed by atoms with Gasteiger partial charge >= 0.3 is 0 Å². The lowest BCUT2D eigenvalue weighted by Crippen LogP contribution is -2.34. The molecule has 0 amide bonds. The van der Waals surface area contributed by atoms with Gasteiger partial charge in [-0.05, 0) is 100 Å². The fourth-order valence-electron chi connectivity index (χ4n) is 9.76. The van der Waals surface area contributed by atoms with Crippen LogP contribution in [-0.2, 0) is 0 Å². The molecule has 284 valence electrons. The second kappa shape index (κ2) is 14.0. The number of fused-ring (bicyclic) bond motifs is 2. The summed E-state index contributed by atoms with van der Waals surface area (Å²) in [4.78, 5) is 19.8. The van der Waals surface area contributed by atoms with E-state index in [9.17, 15) is 0 Å². The minimum atomic E-state index is -0.686. The molecule has 6 aromatic rings.